The van der Waals surface area contributed by atoms with Crippen molar-refractivity contribution in [2.75, 3.05) is 18.4 Å². The summed E-state index contributed by atoms with van der Waals surface area (Å²) in [5.41, 5.74) is 0.802. The summed E-state index contributed by atoms with van der Waals surface area (Å²) < 4.78 is 0. The second-order valence-corrected chi connectivity index (χ2v) is 5.73. The number of benzene rings is 1. The Labute approximate surface area is 117 Å². The van der Waals surface area contributed by atoms with Gasteiger partial charge in [-0.05, 0) is 31.4 Å². The zero-order valence-electron chi connectivity index (χ0n) is 10.6. The van der Waals surface area contributed by atoms with Crippen molar-refractivity contribution in [2.45, 2.75) is 31.3 Å². The number of rotatable bonds is 4. The largest absolute Gasteiger partial charge is 0.478 e. The first kappa shape index (κ1) is 12.8. The third-order valence-electron chi connectivity index (χ3n) is 3.87. The van der Waals surface area contributed by atoms with Crippen LogP contribution in [0.15, 0.2) is 18.2 Å². The first-order valence-electron chi connectivity index (χ1n) is 6.67. The Balaban J connectivity index is 1.73. The van der Waals surface area contributed by atoms with Crippen LogP contribution in [0.5, 0.6) is 0 Å². The highest BCUT2D eigenvalue weighted by atomic mass is 35.5. The van der Waals surface area contributed by atoms with E-state index < -0.39 is 5.97 Å². The second-order valence-electron chi connectivity index (χ2n) is 5.32. The lowest BCUT2D eigenvalue weighted by molar-refractivity contribution is 0.0698. The molecule has 1 aromatic rings. The van der Waals surface area contributed by atoms with Crippen LogP contribution in [-0.2, 0) is 0 Å². The average molecular weight is 281 g/mol. The fourth-order valence-corrected chi connectivity index (χ4v) is 3.01. The molecule has 2 fully saturated rings. The minimum atomic E-state index is -0.981. The van der Waals surface area contributed by atoms with Gasteiger partial charge in [-0.2, -0.15) is 0 Å². The lowest BCUT2D eigenvalue weighted by Gasteiger charge is -2.18. The van der Waals surface area contributed by atoms with E-state index in [9.17, 15) is 9.90 Å². The molecular weight excluding hydrogens is 264 g/mol. The second kappa shape index (κ2) is 5.02. The predicted molar refractivity (Wildman–Crippen MR) is 75.0 cm³/mol. The number of hydrogen-bond donors (Lipinski definition) is 2. The maximum absolute atomic E-state index is 11.3. The summed E-state index contributed by atoms with van der Waals surface area (Å²) in [4.78, 5) is 13.8. The van der Waals surface area contributed by atoms with Gasteiger partial charge in [0.2, 0.25) is 0 Å². The number of likely N-dealkylation sites (tertiary alicyclic amines) is 1. The monoisotopic (exact) mass is 280 g/mol. The van der Waals surface area contributed by atoms with E-state index in [1.54, 1.807) is 18.2 Å². The zero-order chi connectivity index (χ0) is 13.4. The highest BCUT2D eigenvalue weighted by molar-refractivity contribution is 6.34. The van der Waals surface area contributed by atoms with E-state index in [-0.39, 0.29) is 10.6 Å². The van der Waals surface area contributed by atoms with Gasteiger partial charge in [-0.3, -0.25) is 4.90 Å². The highest BCUT2D eigenvalue weighted by Crippen LogP contribution is 2.31. The minimum absolute atomic E-state index is 0.175. The van der Waals surface area contributed by atoms with Gasteiger partial charge in [0, 0.05) is 25.2 Å². The molecule has 4 nitrogen and oxygen atoms in total. The molecule has 1 unspecified atom stereocenters. The molecule has 102 valence electrons. The normalized spacial score (nSPS) is 23.5. The van der Waals surface area contributed by atoms with Gasteiger partial charge in [0.15, 0.2) is 0 Å². The SMILES string of the molecule is O=C(O)c1c(Cl)cccc1NC1CCN(C2CC2)C1. The number of carboxylic acid groups (broad SMARTS) is 1. The van der Waals surface area contributed by atoms with Crippen LogP contribution in [0.4, 0.5) is 5.69 Å². The van der Waals surface area contributed by atoms with Crippen LogP contribution in [0.3, 0.4) is 0 Å². The van der Waals surface area contributed by atoms with Crippen molar-refractivity contribution in [3.05, 3.63) is 28.8 Å². The number of carboxylic acids is 1. The molecule has 1 saturated heterocycles. The molecule has 0 bridgehead atoms. The molecule has 19 heavy (non-hydrogen) atoms. The van der Waals surface area contributed by atoms with Crippen molar-refractivity contribution in [1.82, 2.24) is 4.90 Å². The van der Waals surface area contributed by atoms with E-state index in [0.717, 1.165) is 25.6 Å². The number of carbonyl (C=O) groups is 1. The van der Waals surface area contributed by atoms with Crippen LogP contribution in [-0.4, -0.2) is 41.1 Å². The van der Waals surface area contributed by atoms with Crippen molar-refractivity contribution >= 4 is 23.3 Å². The van der Waals surface area contributed by atoms with Crippen molar-refractivity contribution in [2.24, 2.45) is 0 Å². The summed E-state index contributed by atoms with van der Waals surface area (Å²) in [6, 6.07) is 6.27. The Morgan fingerprint density at radius 1 is 1.37 bits per heavy atom. The van der Waals surface area contributed by atoms with Crippen LogP contribution in [0.25, 0.3) is 0 Å². The predicted octanol–water partition coefficient (Wildman–Crippen LogP) is 2.69. The van der Waals surface area contributed by atoms with Crippen LogP contribution in [0.1, 0.15) is 29.6 Å². The highest BCUT2D eigenvalue weighted by Gasteiger charge is 2.34. The van der Waals surface area contributed by atoms with Crippen LogP contribution >= 0.6 is 11.6 Å². The fourth-order valence-electron chi connectivity index (χ4n) is 2.76. The van der Waals surface area contributed by atoms with E-state index >= 15 is 0 Å². The quantitative estimate of drug-likeness (QED) is 0.890. The van der Waals surface area contributed by atoms with E-state index in [0.29, 0.717) is 11.7 Å². The van der Waals surface area contributed by atoms with Gasteiger partial charge in [-0.15, -0.1) is 0 Å². The van der Waals surface area contributed by atoms with Gasteiger partial charge in [0.25, 0.3) is 0 Å². The van der Waals surface area contributed by atoms with Gasteiger partial charge in [0.05, 0.1) is 10.7 Å². The molecule has 1 saturated carbocycles. The number of nitrogens with one attached hydrogen (secondary N) is 1. The lowest BCUT2D eigenvalue weighted by atomic mass is 10.1. The summed E-state index contributed by atoms with van der Waals surface area (Å²) in [6.07, 6.45) is 3.68. The Hall–Kier alpha value is -1.26. The summed E-state index contributed by atoms with van der Waals surface area (Å²) in [5, 5.41) is 12.9. The standard InChI is InChI=1S/C14H17ClN2O2/c15-11-2-1-3-12(13(11)14(18)19)16-9-6-7-17(8-9)10-4-5-10/h1-3,9-10,16H,4-8H2,(H,18,19). The number of hydrogen-bond acceptors (Lipinski definition) is 3. The number of aromatic carboxylic acids is 1. The van der Waals surface area contributed by atoms with Crippen LogP contribution in [0.2, 0.25) is 5.02 Å². The van der Waals surface area contributed by atoms with Gasteiger partial charge in [-0.1, -0.05) is 17.7 Å². The van der Waals surface area contributed by atoms with Crippen LogP contribution < -0.4 is 5.32 Å². The van der Waals surface area contributed by atoms with Gasteiger partial charge < -0.3 is 10.4 Å². The molecule has 2 N–H and O–H groups in total. The molecule has 0 amide bonds. The number of nitrogens with zero attached hydrogens (tertiary/aromatic N) is 1. The molecule has 1 aliphatic heterocycles. The minimum Gasteiger partial charge on any atom is -0.478 e. The summed E-state index contributed by atoms with van der Waals surface area (Å²) in [7, 11) is 0. The molecule has 5 heteroatoms. The Morgan fingerprint density at radius 3 is 2.84 bits per heavy atom. The Kier molecular flexibility index (Phi) is 3.37. The van der Waals surface area contributed by atoms with Crippen molar-refractivity contribution in [3.63, 3.8) is 0 Å². The molecule has 0 radical (unpaired) electrons. The van der Waals surface area contributed by atoms with E-state index in [2.05, 4.69) is 10.2 Å². The van der Waals surface area contributed by atoms with E-state index in [1.807, 2.05) is 0 Å². The maximum atomic E-state index is 11.3. The van der Waals surface area contributed by atoms with Crippen molar-refractivity contribution < 1.29 is 9.90 Å². The van der Waals surface area contributed by atoms with Gasteiger partial charge in [0.1, 0.15) is 5.56 Å². The average Bonchev–Trinajstić information content (AvgIpc) is 3.10. The molecule has 1 aromatic carbocycles. The third kappa shape index (κ3) is 2.69. The first-order chi connectivity index (χ1) is 9.15. The molecule has 1 aliphatic carbocycles. The lowest BCUT2D eigenvalue weighted by Crippen LogP contribution is -2.28. The van der Waals surface area contributed by atoms with Crippen molar-refractivity contribution in [3.8, 4) is 0 Å². The Morgan fingerprint density at radius 2 is 2.16 bits per heavy atom. The number of halogens is 1. The molecule has 1 heterocycles. The molecule has 3 rings (SSSR count). The van der Waals surface area contributed by atoms with E-state index in [1.165, 1.54) is 12.8 Å². The first-order valence-corrected chi connectivity index (χ1v) is 7.05. The smallest absolute Gasteiger partial charge is 0.339 e. The summed E-state index contributed by atoms with van der Waals surface area (Å²) in [6.45, 7) is 2.10. The van der Waals surface area contributed by atoms with Gasteiger partial charge in [-0.25, -0.2) is 4.79 Å². The molecule has 0 aromatic heterocycles. The fraction of sp³-hybridized carbons (Fsp3) is 0.500. The third-order valence-corrected chi connectivity index (χ3v) is 4.19. The Bertz CT molecular complexity index is 502. The molecule has 0 spiro atoms. The van der Waals surface area contributed by atoms with Crippen LogP contribution in [0, 0.1) is 0 Å². The summed E-state index contributed by atoms with van der Waals surface area (Å²) >= 11 is 5.97. The molecular formula is C14H17ClN2O2. The molecule has 2 aliphatic rings. The van der Waals surface area contributed by atoms with Gasteiger partial charge >= 0.3 is 5.97 Å². The summed E-state index contributed by atoms with van der Waals surface area (Å²) in [5.74, 6) is -0.981. The topological polar surface area (TPSA) is 52.6 Å². The molecule has 1 atom stereocenters. The number of anilines is 1. The zero-order valence-corrected chi connectivity index (χ0v) is 11.4. The van der Waals surface area contributed by atoms with E-state index in [4.69, 9.17) is 11.6 Å². The maximum Gasteiger partial charge on any atom is 0.339 e. The van der Waals surface area contributed by atoms with Crippen molar-refractivity contribution in [1.29, 1.82) is 0 Å².